The van der Waals surface area contributed by atoms with Crippen LogP contribution in [0.25, 0.3) is 16.7 Å². The molecule has 0 aliphatic carbocycles. The summed E-state index contributed by atoms with van der Waals surface area (Å²) in [5.74, 6) is -0.837. The SMILES string of the molecule is COCCCNC(=O)c1cn(-c2ccc(F)cc2)c2ncccc2c1=O. The van der Waals surface area contributed by atoms with E-state index in [4.69, 9.17) is 4.74 Å². The Bertz CT molecular complexity index is 983. The fourth-order valence-electron chi connectivity index (χ4n) is 2.63. The number of nitrogens with one attached hydrogen (secondary N) is 1. The van der Waals surface area contributed by atoms with Crippen molar-refractivity contribution in [3.8, 4) is 5.69 Å². The molecule has 7 heteroatoms. The summed E-state index contributed by atoms with van der Waals surface area (Å²) in [5, 5.41) is 3.04. The number of halogens is 1. The van der Waals surface area contributed by atoms with E-state index in [1.807, 2.05) is 0 Å². The molecule has 26 heavy (non-hydrogen) atoms. The first-order valence-electron chi connectivity index (χ1n) is 8.15. The Hall–Kier alpha value is -3.06. The monoisotopic (exact) mass is 355 g/mol. The number of rotatable bonds is 6. The van der Waals surface area contributed by atoms with Gasteiger partial charge in [0, 0.05) is 38.3 Å². The maximum absolute atomic E-state index is 13.2. The largest absolute Gasteiger partial charge is 0.385 e. The van der Waals surface area contributed by atoms with Gasteiger partial charge in [0.1, 0.15) is 17.0 Å². The first-order valence-corrected chi connectivity index (χ1v) is 8.15. The fourth-order valence-corrected chi connectivity index (χ4v) is 2.63. The first kappa shape index (κ1) is 17.8. The maximum atomic E-state index is 13.2. The number of carbonyl (C=O) groups is 1. The molecule has 0 radical (unpaired) electrons. The van der Waals surface area contributed by atoms with E-state index < -0.39 is 11.3 Å². The minimum atomic E-state index is -0.465. The Balaban J connectivity index is 2.07. The van der Waals surface area contributed by atoms with Crippen LogP contribution in [-0.2, 0) is 4.74 Å². The van der Waals surface area contributed by atoms with Crippen molar-refractivity contribution in [1.29, 1.82) is 0 Å². The number of aromatic nitrogens is 2. The number of benzene rings is 1. The molecule has 0 aliphatic rings. The van der Waals surface area contributed by atoms with E-state index in [-0.39, 0.29) is 11.4 Å². The van der Waals surface area contributed by atoms with Crippen molar-refractivity contribution < 1.29 is 13.9 Å². The molecule has 2 heterocycles. The zero-order valence-electron chi connectivity index (χ0n) is 14.2. The van der Waals surface area contributed by atoms with Gasteiger partial charge in [0.2, 0.25) is 5.43 Å². The summed E-state index contributed by atoms with van der Waals surface area (Å²) in [7, 11) is 1.58. The van der Waals surface area contributed by atoms with Crippen LogP contribution < -0.4 is 10.7 Å². The second-order valence-electron chi connectivity index (χ2n) is 5.70. The van der Waals surface area contributed by atoms with Crippen LogP contribution in [-0.4, -0.2) is 35.7 Å². The summed E-state index contributed by atoms with van der Waals surface area (Å²) in [4.78, 5) is 29.4. The summed E-state index contributed by atoms with van der Waals surface area (Å²) in [6.45, 7) is 0.912. The lowest BCUT2D eigenvalue weighted by Gasteiger charge is -2.13. The second kappa shape index (κ2) is 7.88. The minimum Gasteiger partial charge on any atom is -0.385 e. The molecule has 1 amide bonds. The molecule has 0 atom stereocenters. The third-order valence-electron chi connectivity index (χ3n) is 3.92. The topological polar surface area (TPSA) is 73.2 Å². The maximum Gasteiger partial charge on any atom is 0.256 e. The molecule has 0 spiro atoms. The summed E-state index contributed by atoms with van der Waals surface area (Å²) in [5.41, 5.74) is 0.617. The lowest BCUT2D eigenvalue weighted by molar-refractivity contribution is 0.0947. The summed E-state index contributed by atoms with van der Waals surface area (Å²) in [6, 6.07) is 9.01. The first-order chi connectivity index (χ1) is 12.6. The van der Waals surface area contributed by atoms with E-state index in [1.165, 1.54) is 18.3 Å². The van der Waals surface area contributed by atoms with Crippen molar-refractivity contribution >= 4 is 16.9 Å². The van der Waals surface area contributed by atoms with Crippen LogP contribution >= 0.6 is 0 Å². The standard InChI is InChI=1S/C19H18FN3O3/c1-26-11-3-10-22-19(25)16-12-23(14-7-5-13(20)6-8-14)18-15(17(16)24)4-2-9-21-18/h2,4-9,12H,3,10-11H2,1H3,(H,22,25). The molecule has 1 N–H and O–H groups in total. The van der Waals surface area contributed by atoms with Crippen molar-refractivity contribution in [3.05, 3.63) is 70.4 Å². The smallest absolute Gasteiger partial charge is 0.256 e. The molecule has 0 saturated heterocycles. The third-order valence-corrected chi connectivity index (χ3v) is 3.92. The van der Waals surface area contributed by atoms with E-state index in [1.54, 1.807) is 42.1 Å². The molecule has 3 rings (SSSR count). The molecule has 0 bridgehead atoms. The molecule has 0 aliphatic heterocycles. The van der Waals surface area contributed by atoms with Crippen LogP contribution in [0.15, 0.2) is 53.6 Å². The van der Waals surface area contributed by atoms with E-state index in [9.17, 15) is 14.0 Å². The van der Waals surface area contributed by atoms with Crippen LogP contribution in [0.2, 0.25) is 0 Å². The van der Waals surface area contributed by atoms with Gasteiger partial charge in [-0.3, -0.25) is 9.59 Å². The molecular formula is C19H18FN3O3. The molecule has 0 fully saturated rings. The number of fused-ring (bicyclic) bond motifs is 1. The van der Waals surface area contributed by atoms with Crippen LogP contribution in [0.3, 0.4) is 0 Å². The summed E-state index contributed by atoms with van der Waals surface area (Å²) in [6.07, 6.45) is 3.65. The van der Waals surface area contributed by atoms with Gasteiger partial charge in [0.05, 0.1) is 5.39 Å². The zero-order valence-corrected chi connectivity index (χ0v) is 14.2. The molecule has 134 valence electrons. The highest BCUT2D eigenvalue weighted by molar-refractivity contribution is 5.97. The molecule has 3 aromatic rings. The highest BCUT2D eigenvalue weighted by atomic mass is 19.1. The number of pyridine rings is 2. The Morgan fingerprint density at radius 1 is 1.27 bits per heavy atom. The quantitative estimate of drug-likeness (QED) is 0.689. The lowest BCUT2D eigenvalue weighted by Crippen LogP contribution is -2.31. The Labute approximate surface area is 149 Å². The molecular weight excluding hydrogens is 337 g/mol. The molecule has 0 unspecified atom stereocenters. The predicted molar refractivity (Wildman–Crippen MR) is 96.1 cm³/mol. The third kappa shape index (κ3) is 3.62. The van der Waals surface area contributed by atoms with Crippen LogP contribution in [0.5, 0.6) is 0 Å². The average molecular weight is 355 g/mol. The van der Waals surface area contributed by atoms with Gasteiger partial charge in [-0.2, -0.15) is 0 Å². The van der Waals surface area contributed by atoms with Crippen molar-refractivity contribution in [3.63, 3.8) is 0 Å². The number of hydrogen-bond donors (Lipinski definition) is 1. The van der Waals surface area contributed by atoms with E-state index in [0.717, 1.165) is 0 Å². The van der Waals surface area contributed by atoms with Crippen molar-refractivity contribution in [2.75, 3.05) is 20.3 Å². The normalized spacial score (nSPS) is 10.8. The van der Waals surface area contributed by atoms with Gasteiger partial charge in [-0.15, -0.1) is 0 Å². The van der Waals surface area contributed by atoms with Gasteiger partial charge in [0.25, 0.3) is 5.91 Å². The average Bonchev–Trinajstić information content (AvgIpc) is 2.66. The van der Waals surface area contributed by atoms with Gasteiger partial charge >= 0.3 is 0 Å². The van der Waals surface area contributed by atoms with Gasteiger partial charge in [-0.25, -0.2) is 9.37 Å². The van der Waals surface area contributed by atoms with Gasteiger partial charge in [0.15, 0.2) is 0 Å². The van der Waals surface area contributed by atoms with Crippen LogP contribution in [0.1, 0.15) is 16.8 Å². The van der Waals surface area contributed by atoms with E-state index in [2.05, 4.69) is 10.3 Å². The van der Waals surface area contributed by atoms with Gasteiger partial charge in [-0.1, -0.05) is 0 Å². The summed E-state index contributed by atoms with van der Waals surface area (Å²) < 4.78 is 19.8. The number of amides is 1. The van der Waals surface area contributed by atoms with Crippen molar-refractivity contribution in [2.24, 2.45) is 0 Å². The Kier molecular flexibility index (Phi) is 5.38. The van der Waals surface area contributed by atoms with Crippen molar-refractivity contribution in [1.82, 2.24) is 14.9 Å². The lowest BCUT2D eigenvalue weighted by atomic mass is 10.1. The molecule has 0 saturated carbocycles. The highest BCUT2D eigenvalue weighted by Gasteiger charge is 2.16. The highest BCUT2D eigenvalue weighted by Crippen LogP contribution is 2.16. The molecule has 1 aromatic carbocycles. The predicted octanol–water partition coefficient (Wildman–Crippen LogP) is 2.29. The van der Waals surface area contributed by atoms with Gasteiger partial charge < -0.3 is 14.6 Å². The van der Waals surface area contributed by atoms with Gasteiger partial charge in [-0.05, 0) is 42.8 Å². The Morgan fingerprint density at radius 3 is 2.77 bits per heavy atom. The number of methoxy groups -OCH3 is 1. The number of nitrogens with zero attached hydrogens (tertiary/aromatic N) is 2. The fraction of sp³-hybridized carbons (Fsp3) is 0.211. The van der Waals surface area contributed by atoms with Crippen molar-refractivity contribution in [2.45, 2.75) is 6.42 Å². The number of ether oxygens (including phenoxy) is 1. The Morgan fingerprint density at radius 2 is 2.04 bits per heavy atom. The second-order valence-corrected chi connectivity index (χ2v) is 5.70. The zero-order chi connectivity index (χ0) is 18.5. The number of carbonyl (C=O) groups excluding carboxylic acids is 1. The van der Waals surface area contributed by atoms with E-state index in [0.29, 0.717) is 36.3 Å². The van der Waals surface area contributed by atoms with Crippen LogP contribution in [0, 0.1) is 5.82 Å². The number of hydrogen-bond acceptors (Lipinski definition) is 4. The minimum absolute atomic E-state index is 0.00671. The van der Waals surface area contributed by atoms with E-state index >= 15 is 0 Å². The molecule has 2 aromatic heterocycles. The molecule has 6 nitrogen and oxygen atoms in total. The van der Waals surface area contributed by atoms with Crippen LogP contribution in [0.4, 0.5) is 4.39 Å². The summed E-state index contributed by atoms with van der Waals surface area (Å²) >= 11 is 0.